The van der Waals surface area contributed by atoms with Gasteiger partial charge in [-0.1, -0.05) is 26.0 Å². The van der Waals surface area contributed by atoms with Crippen molar-refractivity contribution in [3.63, 3.8) is 0 Å². The number of Topliss-reactive ketones (excluding diaryl/α,β-unsaturated/α-hetero) is 1. The van der Waals surface area contributed by atoms with E-state index in [1.165, 1.54) is 12.1 Å². The molecule has 1 aliphatic carbocycles. The molecular weight excluding hydrogens is 342 g/mol. The maximum Gasteiger partial charge on any atom is 0.269 e. The van der Waals surface area contributed by atoms with Crippen LogP contribution in [0, 0.1) is 15.5 Å². The molecule has 0 saturated heterocycles. The number of nitrogens with one attached hydrogen (secondary N) is 2. The lowest BCUT2D eigenvalue weighted by molar-refractivity contribution is -0.384. The second kappa shape index (κ2) is 6.23. The predicted octanol–water partition coefficient (Wildman–Crippen LogP) is 4.82. The molecule has 0 bridgehead atoms. The van der Waals surface area contributed by atoms with Crippen LogP contribution in [0.2, 0.25) is 0 Å². The maximum absolute atomic E-state index is 13.1. The molecule has 0 aromatic heterocycles. The Balaban J connectivity index is 1.84. The van der Waals surface area contributed by atoms with E-state index in [0.717, 1.165) is 34.6 Å². The molecule has 0 fully saturated rings. The van der Waals surface area contributed by atoms with Gasteiger partial charge in [0.15, 0.2) is 5.78 Å². The van der Waals surface area contributed by atoms with Gasteiger partial charge in [0, 0.05) is 29.8 Å². The molecule has 4 rings (SSSR count). The molecule has 2 aromatic carbocycles. The normalized spacial score (nSPS) is 20.7. The Morgan fingerprint density at radius 1 is 1.04 bits per heavy atom. The summed E-state index contributed by atoms with van der Waals surface area (Å²) in [5, 5.41) is 17.9. The fourth-order valence-electron chi connectivity index (χ4n) is 3.93. The fourth-order valence-corrected chi connectivity index (χ4v) is 3.93. The standard InChI is InChI=1S/C21H21N3O3/c1-21(2)11-17-19(18(25)12-21)20(13-7-9-14(10-8-13)24(26)27)23-16-6-4-3-5-15(16)22-17/h3-10,20,22-23H,11-12H2,1-2H3/t20-/m1/s1. The van der Waals surface area contributed by atoms with Crippen LogP contribution < -0.4 is 10.6 Å². The molecule has 0 spiro atoms. The number of hydrogen-bond acceptors (Lipinski definition) is 5. The molecular formula is C21H21N3O3. The minimum absolute atomic E-state index is 0.0382. The van der Waals surface area contributed by atoms with Crippen molar-refractivity contribution in [2.75, 3.05) is 10.6 Å². The summed E-state index contributed by atoms with van der Waals surface area (Å²) in [6.45, 7) is 4.20. The molecule has 2 aromatic rings. The van der Waals surface area contributed by atoms with E-state index in [1.54, 1.807) is 12.1 Å². The summed E-state index contributed by atoms with van der Waals surface area (Å²) < 4.78 is 0. The first-order valence-corrected chi connectivity index (χ1v) is 8.97. The van der Waals surface area contributed by atoms with E-state index in [1.807, 2.05) is 24.3 Å². The topological polar surface area (TPSA) is 84.3 Å². The number of anilines is 2. The molecule has 6 heteroatoms. The molecule has 27 heavy (non-hydrogen) atoms. The second-order valence-corrected chi connectivity index (χ2v) is 7.93. The minimum atomic E-state index is -0.417. The van der Waals surface area contributed by atoms with Crippen LogP contribution in [0.25, 0.3) is 0 Å². The number of nitrogens with zero attached hydrogens (tertiary/aromatic N) is 1. The van der Waals surface area contributed by atoms with Crippen molar-refractivity contribution in [3.8, 4) is 0 Å². The second-order valence-electron chi connectivity index (χ2n) is 7.93. The summed E-state index contributed by atoms with van der Waals surface area (Å²) >= 11 is 0. The number of nitro groups is 1. The van der Waals surface area contributed by atoms with Gasteiger partial charge in [0.25, 0.3) is 5.69 Å². The first-order valence-electron chi connectivity index (χ1n) is 8.97. The molecule has 2 N–H and O–H groups in total. The van der Waals surface area contributed by atoms with Gasteiger partial charge < -0.3 is 10.6 Å². The Bertz CT molecular complexity index is 961. The van der Waals surface area contributed by atoms with Gasteiger partial charge in [-0.15, -0.1) is 0 Å². The first kappa shape index (κ1) is 17.3. The highest BCUT2D eigenvalue weighted by Crippen LogP contribution is 2.45. The van der Waals surface area contributed by atoms with Crippen molar-refractivity contribution in [1.29, 1.82) is 0 Å². The molecule has 0 radical (unpaired) electrons. The highest BCUT2D eigenvalue weighted by molar-refractivity contribution is 6.01. The lowest BCUT2D eigenvalue weighted by Crippen LogP contribution is -2.31. The Kier molecular flexibility index (Phi) is 3.98. The van der Waals surface area contributed by atoms with E-state index >= 15 is 0 Å². The smallest absolute Gasteiger partial charge is 0.269 e. The summed E-state index contributed by atoms with van der Waals surface area (Å²) in [5.74, 6) is 0.109. The van der Waals surface area contributed by atoms with Gasteiger partial charge >= 0.3 is 0 Å². The molecule has 1 heterocycles. The number of carbonyl (C=O) groups is 1. The van der Waals surface area contributed by atoms with E-state index < -0.39 is 4.92 Å². The number of ketones is 1. The van der Waals surface area contributed by atoms with Gasteiger partial charge in [-0.2, -0.15) is 0 Å². The lowest BCUT2D eigenvalue weighted by atomic mass is 9.73. The third kappa shape index (κ3) is 3.18. The van der Waals surface area contributed by atoms with Gasteiger partial charge in [0.1, 0.15) is 0 Å². The molecule has 0 unspecified atom stereocenters. The Morgan fingerprint density at radius 2 is 1.70 bits per heavy atom. The monoisotopic (exact) mass is 363 g/mol. The fraction of sp³-hybridized carbons (Fsp3) is 0.286. The van der Waals surface area contributed by atoms with Crippen LogP contribution in [0.5, 0.6) is 0 Å². The van der Waals surface area contributed by atoms with Crippen molar-refractivity contribution in [3.05, 3.63) is 75.5 Å². The van der Waals surface area contributed by atoms with Crippen molar-refractivity contribution in [2.45, 2.75) is 32.7 Å². The highest BCUT2D eigenvalue weighted by atomic mass is 16.6. The SMILES string of the molecule is CC1(C)CC(=O)C2=C(C1)Nc1ccccc1N[C@@H]2c1ccc([N+](=O)[O-])cc1. The van der Waals surface area contributed by atoms with Gasteiger partial charge in [-0.05, 0) is 41.7 Å². The van der Waals surface area contributed by atoms with Crippen LogP contribution in [-0.2, 0) is 4.79 Å². The Morgan fingerprint density at radius 3 is 2.37 bits per heavy atom. The summed E-state index contributed by atoms with van der Waals surface area (Å²) in [7, 11) is 0. The predicted molar refractivity (Wildman–Crippen MR) is 105 cm³/mol. The molecule has 138 valence electrons. The van der Waals surface area contributed by atoms with Gasteiger partial charge in [-0.3, -0.25) is 14.9 Å². The number of nitro benzene ring substituents is 1. The number of rotatable bonds is 2. The number of para-hydroxylation sites is 2. The molecule has 0 saturated carbocycles. The molecule has 1 aliphatic heterocycles. The third-order valence-electron chi connectivity index (χ3n) is 5.16. The lowest BCUT2D eigenvalue weighted by Gasteiger charge is -2.34. The average molecular weight is 363 g/mol. The molecule has 2 aliphatic rings. The number of fused-ring (bicyclic) bond motifs is 1. The minimum Gasteiger partial charge on any atom is -0.372 e. The van der Waals surface area contributed by atoms with Crippen LogP contribution in [0.3, 0.4) is 0 Å². The summed E-state index contributed by atoms with van der Waals surface area (Å²) in [4.78, 5) is 23.6. The maximum atomic E-state index is 13.1. The number of non-ortho nitro benzene ring substituents is 1. The van der Waals surface area contributed by atoms with Crippen molar-refractivity contribution < 1.29 is 9.72 Å². The van der Waals surface area contributed by atoms with Crippen molar-refractivity contribution >= 4 is 22.8 Å². The largest absolute Gasteiger partial charge is 0.372 e. The van der Waals surface area contributed by atoms with E-state index in [2.05, 4.69) is 24.5 Å². The van der Waals surface area contributed by atoms with Crippen LogP contribution >= 0.6 is 0 Å². The number of carbonyl (C=O) groups excluding carboxylic acids is 1. The van der Waals surface area contributed by atoms with Crippen LogP contribution in [0.15, 0.2) is 59.8 Å². The average Bonchev–Trinajstić information content (AvgIpc) is 2.77. The van der Waals surface area contributed by atoms with Crippen LogP contribution in [0.1, 0.15) is 38.3 Å². The quantitative estimate of drug-likeness (QED) is 0.590. The van der Waals surface area contributed by atoms with Gasteiger partial charge in [0.05, 0.1) is 22.3 Å². The van der Waals surface area contributed by atoms with Crippen molar-refractivity contribution in [2.24, 2.45) is 5.41 Å². The molecule has 0 amide bonds. The highest BCUT2D eigenvalue weighted by Gasteiger charge is 2.38. The zero-order valence-electron chi connectivity index (χ0n) is 15.3. The van der Waals surface area contributed by atoms with E-state index in [9.17, 15) is 14.9 Å². The Labute approximate surface area is 157 Å². The summed E-state index contributed by atoms with van der Waals surface area (Å²) in [6, 6.07) is 13.9. The zero-order valence-corrected chi connectivity index (χ0v) is 15.3. The summed E-state index contributed by atoms with van der Waals surface area (Å²) in [6.07, 6.45) is 1.25. The van der Waals surface area contributed by atoms with Gasteiger partial charge in [0.2, 0.25) is 0 Å². The van der Waals surface area contributed by atoms with Crippen LogP contribution in [-0.4, -0.2) is 10.7 Å². The first-order chi connectivity index (χ1) is 12.8. The number of allylic oxidation sites excluding steroid dienone is 1. The van der Waals surface area contributed by atoms with Crippen LogP contribution in [0.4, 0.5) is 17.1 Å². The van der Waals surface area contributed by atoms with E-state index in [4.69, 9.17) is 0 Å². The van der Waals surface area contributed by atoms with Crippen molar-refractivity contribution in [1.82, 2.24) is 0 Å². The number of benzene rings is 2. The number of hydrogen-bond donors (Lipinski definition) is 2. The zero-order chi connectivity index (χ0) is 19.2. The van der Waals surface area contributed by atoms with Gasteiger partial charge in [-0.25, -0.2) is 0 Å². The summed E-state index contributed by atoms with van der Waals surface area (Å²) in [5.41, 5.74) is 4.25. The molecule has 6 nitrogen and oxygen atoms in total. The molecule has 1 atom stereocenters. The third-order valence-corrected chi connectivity index (χ3v) is 5.16. The van der Waals surface area contributed by atoms with E-state index in [0.29, 0.717) is 6.42 Å². The van der Waals surface area contributed by atoms with E-state index in [-0.39, 0.29) is 22.9 Å². The Hall–Kier alpha value is -3.15.